The van der Waals surface area contributed by atoms with Crippen LogP contribution >= 0.6 is 0 Å². The number of esters is 1. The van der Waals surface area contributed by atoms with Crippen LogP contribution in [0.5, 0.6) is 5.75 Å². The minimum atomic E-state index is -1.10. The highest BCUT2D eigenvalue weighted by atomic mass is 16.7. The van der Waals surface area contributed by atoms with E-state index in [1.165, 1.54) is 6.07 Å². The molecule has 5 heteroatoms. The lowest BCUT2D eigenvalue weighted by Crippen LogP contribution is -2.11. The fourth-order valence-corrected chi connectivity index (χ4v) is 1.22. The molecule has 17 heavy (non-hydrogen) atoms. The molecule has 0 heterocycles. The second kappa shape index (κ2) is 5.69. The van der Waals surface area contributed by atoms with E-state index in [9.17, 15) is 9.59 Å². The maximum absolute atomic E-state index is 10.9. The monoisotopic (exact) mass is 236 g/mol. The van der Waals surface area contributed by atoms with Crippen LogP contribution in [0.15, 0.2) is 30.9 Å². The summed E-state index contributed by atoms with van der Waals surface area (Å²) in [5.41, 5.74) is 0.680. The molecule has 0 aromatic heterocycles. The third-order valence-corrected chi connectivity index (χ3v) is 2.01. The average molecular weight is 236 g/mol. The second-order valence-corrected chi connectivity index (χ2v) is 3.19. The Hall–Kier alpha value is -2.30. The maximum atomic E-state index is 10.9. The van der Waals surface area contributed by atoms with Crippen molar-refractivity contribution in [2.45, 2.75) is 6.92 Å². The summed E-state index contributed by atoms with van der Waals surface area (Å²) in [4.78, 5) is 21.7. The maximum Gasteiger partial charge on any atom is 0.339 e. The van der Waals surface area contributed by atoms with Crippen molar-refractivity contribution in [1.82, 2.24) is 0 Å². The smallest absolute Gasteiger partial charge is 0.339 e. The molecule has 0 fully saturated rings. The number of hydrogen-bond donors (Lipinski definition) is 1. The molecule has 0 unspecified atom stereocenters. The van der Waals surface area contributed by atoms with Crippen LogP contribution in [-0.2, 0) is 9.53 Å². The molecule has 0 aliphatic carbocycles. The predicted octanol–water partition coefficient (Wildman–Crippen LogP) is 1.76. The fourth-order valence-electron chi connectivity index (χ4n) is 1.22. The van der Waals surface area contributed by atoms with Gasteiger partial charge in [0.05, 0.1) is 0 Å². The molecule has 0 spiro atoms. The zero-order valence-corrected chi connectivity index (χ0v) is 9.30. The number of para-hydroxylation sites is 1. The lowest BCUT2D eigenvalue weighted by Gasteiger charge is -2.11. The normalized spacial score (nSPS) is 9.47. The lowest BCUT2D eigenvalue weighted by molar-refractivity contribution is -0.144. The quantitative estimate of drug-likeness (QED) is 0.479. The van der Waals surface area contributed by atoms with Gasteiger partial charge in [-0.3, -0.25) is 0 Å². The molecule has 0 atom stereocenters. The summed E-state index contributed by atoms with van der Waals surface area (Å²) in [6.45, 7) is 4.58. The van der Waals surface area contributed by atoms with Crippen molar-refractivity contribution in [3.8, 4) is 5.75 Å². The van der Waals surface area contributed by atoms with Gasteiger partial charge in [-0.2, -0.15) is 0 Å². The standard InChI is InChI=1S/C12H12O5/c1-3-10(13)16-7-17-11-8(2)5-4-6-9(11)12(14)15/h3-6H,1,7H2,2H3,(H,14,15). The Labute approximate surface area is 98.3 Å². The van der Waals surface area contributed by atoms with Gasteiger partial charge in [0.25, 0.3) is 0 Å². The molecule has 0 radical (unpaired) electrons. The Kier molecular flexibility index (Phi) is 4.28. The summed E-state index contributed by atoms with van der Waals surface area (Å²) in [6.07, 6.45) is 0.999. The van der Waals surface area contributed by atoms with Crippen LogP contribution in [0.1, 0.15) is 15.9 Å². The Balaban J connectivity index is 2.79. The summed E-state index contributed by atoms with van der Waals surface area (Å²) >= 11 is 0. The van der Waals surface area contributed by atoms with Crippen molar-refractivity contribution < 1.29 is 24.2 Å². The molecular formula is C12H12O5. The summed E-state index contributed by atoms with van der Waals surface area (Å²) in [7, 11) is 0. The average Bonchev–Trinajstić information content (AvgIpc) is 2.30. The minimum Gasteiger partial charge on any atom is -0.478 e. The van der Waals surface area contributed by atoms with Gasteiger partial charge in [0.1, 0.15) is 11.3 Å². The predicted molar refractivity (Wildman–Crippen MR) is 59.9 cm³/mol. The molecule has 1 aromatic rings. The Morgan fingerprint density at radius 3 is 2.76 bits per heavy atom. The molecule has 5 nitrogen and oxygen atoms in total. The first kappa shape index (κ1) is 12.8. The summed E-state index contributed by atoms with van der Waals surface area (Å²) < 4.78 is 9.74. The number of carbonyl (C=O) groups excluding carboxylic acids is 1. The first-order valence-electron chi connectivity index (χ1n) is 4.81. The van der Waals surface area contributed by atoms with E-state index in [1.807, 2.05) is 0 Å². The van der Waals surface area contributed by atoms with Crippen molar-refractivity contribution in [3.63, 3.8) is 0 Å². The number of carbonyl (C=O) groups is 2. The van der Waals surface area contributed by atoms with Gasteiger partial charge < -0.3 is 14.6 Å². The first-order chi connectivity index (χ1) is 8.06. The molecule has 1 rings (SSSR count). The fraction of sp³-hybridized carbons (Fsp3) is 0.167. The molecular weight excluding hydrogens is 224 g/mol. The zero-order valence-electron chi connectivity index (χ0n) is 9.30. The SMILES string of the molecule is C=CC(=O)OCOc1c(C)cccc1C(=O)O. The van der Waals surface area contributed by atoms with E-state index in [0.717, 1.165) is 6.08 Å². The first-order valence-corrected chi connectivity index (χ1v) is 4.81. The Bertz CT molecular complexity index is 450. The Morgan fingerprint density at radius 2 is 2.18 bits per heavy atom. The van der Waals surface area contributed by atoms with E-state index < -0.39 is 11.9 Å². The van der Waals surface area contributed by atoms with Crippen LogP contribution in [0.4, 0.5) is 0 Å². The van der Waals surface area contributed by atoms with Crippen molar-refractivity contribution in [1.29, 1.82) is 0 Å². The van der Waals surface area contributed by atoms with E-state index in [0.29, 0.717) is 5.56 Å². The van der Waals surface area contributed by atoms with Crippen LogP contribution in [-0.4, -0.2) is 23.8 Å². The minimum absolute atomic E-state index is 0.0275. The van der Waals surface area contributed by atoms with E-state index in [-0.39, 0.29) is 18.1 Å². The van der Waals surface area contributed by atoms with Crippen LogP contribution in [0, 0.1) is 6.92 Å². The summed E-state index contributed by atoms with van der Waals surface area (Å²) in [5, 5.41) is 8.94. The van der Waals surface area contributed by atoms with Gasteiger partial charge in [0.2, 0.25) is 6.79 Å². The Morgan fingerprint density at radius 1 is 1.47 bits per heavy atom. The number of carboxylic acid groups (broad SMARTS) is 1. The number of rotatable bonds is 5. The van der Waals surface area contributed by atoms with Gasteiger partial charge >= 0.3 is 11.9 Å². The van der Waals surface area contributed by atoms with E-state index in [2.05, 4.69) is 11.3 Å². The molecule has 1 N–H and O–H groups in total. The van der Waals surface area contributed by atoms with Crippen molar-refractivity contribution >= 4 is 11.9 Å². The topological polar surface area (TPSA) is 72.8 Å². The van der Waals surface area contributed by atoms with E-state index in [4.69, 9.17) is 9.84 Å². The van der Waals surface area contributed by atoms with E-state index >= 15 is 0 Å². The lowest BCUT2D eigenvalue weighted by atomic mass is 10.1. The molecule has 0 aliphatic rings. The van der Waals surface area contributed by atoms with E-state index in [1.54, 1.807) is 19.1 Å². The van der Waals surface area contributed by atoms with Crippen molar-refractivity contribution in [3.05, 3.63) is 42.0 Å². The van der Waals surface area contributed by atoms with Gasteiger partial charge in [-0.05, 0) is 18.6 Å². The van der Waals surface area contributed by atoms with Gasteiger partial charge in [-0.25, -0.2) is 9.59 Å². The highest BCUT2D eigenvalue weighted by molar-refractivity contribution is 5.91. The number of aryl methyl sites for hydroxylation is 1. The molecule has 0 saturated carbocycles. The van der Waals surface area contributed by atoms with Crippen molar-refractivity contribution in [2.24, 2.45) is 0 Å². The highest BCUT2D eigenvalue weighted by Crippen LogP contribution is 2.23. The third-order valence-electron chi connectivity index (χ3n) is 2.01. The van der Waals surface area contributed by atoms with Gasteiger partial charge in [0.15, 0.2) is 0 Å². The molecule has 90 valence electrons. The zero-order chi connectivity index (χ0) is 12.8. The van der Waals surface area contributed by atoms with Gasteiger partial charge in [-0.1, -0.05) is 18.7 Å². The molecule has 0 aliphatic heterocycles. The van der Waals surface area contributed by atoms with Crippen LogP contribution in [0.25, 0.3) is 0 Å². The van der Waals surface area contributed by atoms with Crippen LogP contribution in [0.3, 0.4) is 0 Å². The number of hydrogen-bond acceptors (Lipinski definition) is 4. The van der Waals surface area contributed by atoms with Crippen LogP contribution in [0.2, 0.25) is 0 Å². The largest absolute Gasteiger partial charge is 0.478 e. The number of benzene rings is 1. The highest BCUT2D eigenvalue weighted by Gasteiger charge is 2.13. The molecule has 1 aromatic carbocycles. The molecule has 0 saturated heterocycles. The summed E-state index contributed by atoms with van der Waals surface area (Å²) in [5.74, 6) is -1.54. The second-order valence-electron chi connectivity index (χ2n) is 3.19. The third kappa shape index (κ3) is 3.34. The van der Waals surface area contributed by atoms with Gasteiger partial charge in [0, 0.05) is 6.08 Å². The van der Waals surface area contributed by atoms with Crippen LogP contribution < -0.4 is 4.74 Å². The van der Waals surface area contributed by atoms with Crippen molar-refractivity contribution in [2.75, 3.05) is 6.79 Å². The summed E-state index contributed by atoms with van der Waals surface area (Å²) in [6, 6.07) is 4.73. The number of carboxylic acids is 1. The molecule has 0 bridgehead atoms. The van der Waals surface area contributed by atoms with Gasteiger partial charge in [-0.15, -0.1) is 0 Å². The number of aromatic carboxylic acids is 1. The molecule has 0 amide bonds. The number of ether oxygens (including phenoxy) is 2.